The van der Waals surface area contributed by atoms with Gasteiger partial charge in [0.25, 0.3) is 0 Å². The lowest BCUT2D eigenvalue weighted by molar-refractivity contribution is -0.128. The van der Waals surface area contributed by atoms with Crippen molar-refractivity contribution >= 4 is 11.6 Å². The molecule has 6 nitrogen and oxygen atoms in total. The highest BCUT2D eigenvalue weighted by molar-refractivity contribution is 5.78. The van der Waals surface area contributed by atoms with E-state index in [9.17, 15) is 4.79 Å². The molecule has 2 aromatic rings. The summed E-state index contributed by atoms with van der Waals surface area (Å²) in [6, 6.07) is 11.0. The van der Waals surface area contributed by atoms with Gasteiger partial charge in [-0.3, -0.25) is 15.5 Å². The third-order valence-electron chi connectivity index (χ3n) is 3.93. The summed E-state index contributed by atoms with van der Waals surface area (Å²) in [6.45, 7) is 1.29. The summed E-state index contributed by atoms with van der Waals surface area (Å²) in [5, 5.41) is 9.06. The monoisotopic (exact) mass is 313 g/mol. The van der Waals surface area contributed by atoms with Crippen LogP contribution in [0.5, 0.6) is 5.75 Å². The lowest BCUT2D eigenvalue weighted by atomic mass is 10.1. The molecule has 0 radical (unpaired) electrons. The van der Waals surface area contributed by atoms with Crippen LogP contribution in [0.15, 0.2) is 36.4 Å². The van der Waals surface area contributed by atoms with Crippen LogP contribution in [-0.2, 0) is 11.3 Å². The molecule has 1 aliphatic heterocycles. The van der Waals surface area contributed by atoms with E-state index in [4.69, 9.17) is 9.94 Å². The fourth-order valence-corrected chi connectivity index (χ4v) is 2.75. The van der Waals surface area contributed by atoms with Gasteiger partial charge in [-0.25, -0.2) is 4.98 Å². The molecular weight excluding hydrogens is 294 g/mol. The molecule has 0 atom stereocenters. The van der Waals surface area contributed by atoms with Gasteiger partial charge in [-0.15, -0.1) is 0 Å². The van der Waals surface area contributed by atoms with E-state index in [0.29, 0.717) is 30.1 Å². The van der Waals surface area contributed by atoms with Crippen LogP contribution in [0, 0.1) is 0 Å². The maximum absolute atomic E-state index is 11.8. The maximum atomic E-state index is 11.8. The smallest absolute Gasteiger partial charge is 0.222 e. The third-order valence-corrected chi connectivity index (χ3v) is 3.93. The number of carbonyl (C=O) groups is 1. The molecular formula is C17H19N3O3. The molecule has 6 heteroatoms. The maximum Gasteiger partial charge on any atom is 0.222 e. The summed E-state index contributed by atoms with van der Waals surface area (Å²) in [7, 11) is 1.60. The highest BCUT2D eigenvalue weighted by Crippen LogP contribution is 2.30. The van der Waals surface area contributed by atoms with E-state index in [-0.39, 0.29) is 5.91 Å². The molecule has 2 heterocycles. The molecule has 1 aliphatic rings. The second kappa shape index (κ2) is 6.66. The van der Waals surface area contributed by atoms with E-state index in [2.05, 4.69) is 10.5 Å². The second-order valence-corrected chi connectivity index (χ2v) is 5.46. The van der Waals surface area contributed by atoms with E-state index >= 15 is 0 Å². The van der Waals surface area contributed by atoms with Gasteiger partial charge >= 0.3 is 0 Å². The lowest BCUT2D eigenvalue weighted by Crippen LogP contribution is -2.24. The average molecular weight is 313 g/mol. The van der Waals surface area contributed by atoms with Crippen LogP contribution in [-0.4, -0.2) is 34.7 Å². The Balaban J connectivity index is 1.94. The number of aromatic nitrogens is 1. The molecule has 1 fully saturated rings. The van der Waals surface area contributed by atoms with Gasteiger partial charge in [0.2, 0.25) is 5.91 Å². The van der Waals surface area contributed by atoms with E-state index in [1.54, 1.807) is 19.2 Å². The highest BCUT2D eigenvalue weighted by atomic mass is 16.5. The number of pyridine rings is 1. The summed E-state index contributed by atoms with van der Waals surface area (Å²) in [5.41, 5.74) is 5.04. The Morgan fingerprint density at radius 3 is 2.91 bits per heavy atom. The van der Waals surface area contributed by atoms with Gasteiger partial charge in [0.1, 0.15) is 11.4 Å². The number of methoxy groups -OCH3 is 1. The largest absolute Gasteiger partial charge is 0.494 e. The Bertz CT molecular complexity index is 718. The third kappa shape index (κ3) is 3.27. The normalized spacial score (nSPS) is 14.2. The molecule has 3 rings (SSSR count). The second-order valence-electron chi connectivity index (χ2n) is 5.46. The predicted molar refractivity (Wildman–Crippen MR) is 86.3 cm³/mol. The van der Waals surface area contributed by atoms with Crippen molar-refractivity contribution in [3.05, 3.63) is 42.1 Å². The Kier molecular flexibility index (Phi) is 4.43. The first-order valence-corrected chi connectivity index (χ1v) is 7.53. The van der Waals surface area contributed by atoms with Gasteiger partial charge in [-0.2, -0.15) is 0 Å². The molecule has 1 aromatic heterocycles. The van der Waals surface area contributed by atoms with E-state index in [1.807, 2.05) is 29.2 Å². The van der Waals surface area contributed by atoms with Crippen molar-refractivity contribution in [1.29, 1.82) is 0 Å². The molecule has 0 aliphatic carbocycles. The molecule has 120 valence electrons. The number of anilines is 1. The summed E-state index contributed by atoms with van der Waals surface area (Å²) in [4.78, 5) is 18.3. The molecule has 2 N–H and O–H groups in total. The standard InChI is InChI=1S/C17H19N3O3/c1-23-15-8-7-14(11-20-9-3-6-16(20)21)18-17(15)12-4-2-5-13(10-12)19-22/h2,4-5,7-8,10,19,22H,3,6,9,11H2,1H3. The van der Waals surface area contributed by atoms with Gasteiger partial charge in [-0.05, 0) is 30.7 Å². The van der Waals surface area contributed by atoms with Crippen LogP contribution in [0.4, 0.5) is 5.69 Å². The lowest BCUT2D eigenvalue weighted by Gasteiger charge is -2.16. The Labute approximate surface area is 134 Å². The minimum Gasteiger partial charge on any atom is -0.494 e. The first kappa shape index (κ1) is 15.3. The molecule has 0 spiro atoms. The van der Waals surface area contributed by atoms with Gasteiger partial charge in [0, 0.05) is 18.5 Å². The number of rotatable bonds is 5. The molecule has 23 heavy (non-hydrogen) atoms. The topological polar surface area (TPSA) is 74.7 Å². The van der Waals surface area contributed by atoms with Crippen molar-refractivity contribution in [3.8, 4) is 17.0 Å². The van der Waals surface area contributed by atoms with Gasteiger partial charge in [-0.1, -0.05) is 12.1 Å². The van der Waals surface area contributed by atoms with Crippen LogP contribution >= 0.6 is 0 Å². The van der Waals surface area contributed by atoms with Crippen molar-refractivity contribution in [2.45, 2.75) is 19.4 Å². The molecule has 0 saturated carbocycles. The first-order valence-electron chi connectivity index (χ1n) is 7.53. The molecule has 1 amide bonds. The SMILES string of the molecule is COc1ccc(CN2CCCC2=O)nc1-c1cccc(NO)c1. The van der Waals surface area contributed by atoms with Crippen LogP contribution in [0.25, 0.3) is 11.3 Å². The summed E-state index contributed by atoms with van der Waals surface area (Å²) < 4.78 is 5.39. The van der Waals surface area contributed by atoms with Crippen molar-refractivity contribution < 1.29 is 14.7 Å². The number of hydrogen-bond acceptors (Lipinski definition) is 5. The molecule has 1 saturated heterocycles. The fraction of sp³-hybridized carbons (Fsp3) is 0.294. The first-order chi connectivity index (χ1) is 11.2. The van der Waals surface area contributed by atoms with Crippen molar-refractivity contribution in [1.82, 2.24) is 9.88 Å². The molecule has 0 unspecified atom stereocenters. The Hall–Kier alpha value is -2.60. The number of nitrogens with one attached hydrogen (secondary N) is 1. The summed E-state index contributed by atoms with van der Waals surface area (Å²) >= 11 is 0. The summed E-state index contributed by atoms with van der Waals surface area (Å²) in [5.74, 6) is 0.826. The fourth-order valence-electron chi connectivity index (χ4n) is 2.75. The van der Waals surface area contributed by atoms with Crippen LogP contribution in [0.2, 0.25) is 0 Å². The van der Waals surface area contributed by atoms with Crippen molar-refractivity contribution in [3.63, 3.8) is 0 Å². The number of amides is 1. The van der Waals surface area contributed by atoms with Gasteiger partial charge in [0.05, 0.1) is 25.0 Å². The number of likely N-dealkylation sites (tertiary alicyclic amines) is 1. The zero-order chi connectivity index (χ0) is 16.2. The summed E-state index contributed by atoms with van der Waals surface area (Å²) in [6.07, 6.45) is 1.53. The number of ether oxygens (including phenoxy) is 1. The zero-order valence-electron chi connectivity index (χ0n) is 13.0. The zero-order valence-corrected chi connectivity index (χ0v) is 13.0. The minimum absolute atomic E-state index is 0.177. The highest BCUT2D eigenvalue weighted by Gasteiger charge is 2.21. The predicted octanol–water partition coefficient (Wildman–Crippen LogP) is 2.68. The van der Waals surface area contributed by atoms with E-state index < -0.39 is 0 Å². The van der Waals surface area contributed by atoms with Gasteiger partial charge in [0.15, 0.2) is 0 Å². The van der Waals surface area contributed by atoms with E-state index in [0.717, 1.165) is 24.2 Å². The number of benzene rings is 1. The quantitative estimate of drug-likeness (QED) is 0.830. The Morgan fingerprint density at radius 2 is 2.22 bits per heavy atom. The van der Waals surface area contributed by atoms with Crippen molar-refractivity contribution in [2.24, 2.45) is 0 Å². The van der Waals surface area contributed by atoms with Crippen molar-refractivity contribution in [2.75, 3.05) is 19.1 Å². The van der Waals surface area contributed by atoms with Crippen LogP contribution < -0.4 is 10.2 Å². The number of nitrogens with zero attached hydrogens (tertiary/aromatic N) is 2. The van der Waals surface area contributed by atoms with Gasteiger partial charge < -0.3 is 9.64 Å². The van der Waals surface area contributed by atoms with E-state index in [1.165, 1.54) is 0 Å². The average Bonchev–Trinajstić information content (AvgIpc) is 2.99. The Morgan fingerprint density at radius 1 is 1.35 bits per heavy atom. The molecule has 0 bridgehead atoms. The minimum atomic E-state index is 0.177. The number of hydrogen-bond donors (Lipinski definition) is 2. The van der Waals surface area contributed by atoms with Crippen LogP contribution in [0.1, 0.15) is 18.5 Å². The molecule has 1 aromatic carbocycles. The van der Waals surface area contributed by atoms with Crippen LogP contribution in [0.3, 0.4) is 0 Å². The number of carbonyl (C=O) groups excluding carboxylic acids is 1.